The third-order valence-electron chi connectivity index (χ3n) is 9.32. The van der Waals surface area contributed by atoms with Gasteiger partial charge in [-0.25, -0.2) is 14.6 Å². The van der Waals surface area contributed by atoms with Gasteiger partial charge in [0.2, 0.25) is 11.8 Å². The highest BCUT2D eigenvalue weighted by molar-refractivity contribution is 5.97. The number of fused-ring (bicyclic) bond motifs is 3. The molecule has 50 heavy (non-hydrogen) atoms. The molecule has 0 radical (unpaired) electrons. The van der Waals surface area contributed by atoms with Crippen molar-refractivity contribution in [2.24, 2.45) is 5.92 Å². The van der Waals surface area contributed by atoms with Crippen LogP contribution in [0.5, 0.6) is 11.5 Å². The van der Waals surface area contributed by atoms with Crippen molar-refractivity contribution in [2.75, 3.05) is 20.8 Å². The number of nitrogens with zero attached hydrogens (tertiary/aromatic N) is 2. The van der Waals surface area contributed by atoms with Crippen molar-refractivity contribution in [3.8, 4) is 22.8 Å². The van der Waals surface area contributed by atoms with E-state index >= 15 is 0 Å². The predicted molar refractivity (Wildman–Crippen MR) is 185 cm³/mol. The molecule has 1 aromatic heterocycles. The second-order valence-electron chi connectivity index (χ2n) is 14.1. The van der Waals surface area contributed by atoms with Crippen LogP contribution in [0.15, 0.2) is 66.7 Å². The van der Waals surface area contributed by atoms with E-state index in [-0.39, 0.29) is 18.9 Å². The van der Waals surface area contributed by atoms with Gasteiger partial charge in [0, 0.05) is 35.4 Å². The molecule has 0 bridgehead atoms. The first-order valence-electron chi connectivity index (χ1n) is 17.0. The van der Waals surface area contributed by atoms with Gasteiger partial charge in [0.15, 0.2) is 0 Å². The molecule has 3 heterocycles. The zero-order valence-corrected chi connectivity index (χ0v) is 29.1. The first kappa shape index (κ1) is 34.7. The van der Waals surface area contributed by atoms with Gasteiger partial charge in [-0.1, -0.05) is 42.5 Å². The maximum Gasteiger partial charge on any atom is 0.408 e. The van der Waals surface area contributed by atoms with Crippen LogP contribution in [0, 0.1) is 5.92 Å². The summed E-state index contributed by atoms with van der Waals surface area (Å²) in [6.45, 7) is 5.31. The van der Waals surface area contributed by atoms with Gasteiger partial charge in [0.05, 0.1) is 32.0 Å². The lowest BCUT2D eigenvalue weighted by atomic mass is 10.1. The molecule has 1 saturated carbocycles. The summed E-state index contributed by atoms with van der Waals surface area (Å²) < 4.78 is 22.7. The maximum atomic E-state index is 14.3. The van der Waals surface area contributed by atoms with Gasteiger partial charge in [-0.2, -0.15) is 0 Å². The first-order valence-corrected chi connectivity index (χ1v) is 17.0. The molecule has 2 N–H and O–H groups in total. The van der Waals surface area contributed by atoms with Crippen molar-refractivity contribution in [3.63, 3.8) is 0 Å². The first-order chi connectivity index (χ1) is 23.9. The summed E-state index contributed by atoms with van der Waals surface area (Å²) in [4.78, 5) is 60.7. The van der Waals surface area contributed by atoms with Crippen molar-refractivity contribution in [3.05, 3.63) is 66.7 Å². The molecule has 0 spiro atoms. The molecular formula is C38H44N4O8. The van der Waals surface area contributed by atoms with Crippen molar-refractivity contribution in [1.82, 2.24) is 20.5 Å². The summed E-state index contributed by atoms with van der Waals surface area (Å²) in [5, 5.41) is 6.43. The largest absolute Gasteiger partial charge is 0.497 e. The van der Waals surface area contributed by atoms with Gasteiger partial charge in [-0.15, -0.1) is 0 Å². The van der Waals surface area contributed by atoms with Crippen LogP contribution in [0.1, 0.15) is 52.9 Å². The number of hydrogen-bond donors (Lipinski definition) is 2. The average molecular weight is 685 g/mol. The fourth-order valence-electron chi connectivity index (χ4n) is 6.75. The number of benzene rings is 2. The van der Waals surface area contributed by atoms with Crippen LogP contribution < -0.4 is 20.1 Å². The molecule has 6 rings (SSSR count). The van der Waals surface area contributed by atoms with Gasteiger partial charge < -0.3 is 34.5 Å². The van der Waals surface area contributed by atoms with E-state index in [1.807, 2.05) is 66.7 Å². The number of alkyl carbamates (subject to hydrolysis) is 1. The zero-order chi connectivity index (χ0) is 35.6. The van der Waals surface area contributed by atoms with Gasteiger partial charge in [-0.3, -0.25) is 9.59 Å². The van der Waals surface area contributed by atoms with E-state index < -0.39 is 53.2 Å². The second kappa shape index (κ2) is 14.0. The van der Waals surface area contributed by atoms with E-state index in [1.165, 1.54) is 12.0 Å². The Kier molecular flexibility index (Phi) is 9.73. The van der Waals surface area contributed by atoms with Crippen LogP contribution in [0.2, 0.25) is 0 Å². The minimum atomic E-state index is -1.21. The summed E-state index contributed by atoms with van der Waals surface area (Å²) in [5.41, 5.74) is 0.257. The minimum Gasteiger partial charge on any atom is -0.497 e. The standard InChI is InChI=1S/C38H44N4O8/c1-37(2,3)50-36(46)40-28-15-11-7-10-14-24-21-38(24,35(45)48-5)41-33(43)31-19-26(22-42(31)34(28)44)49-32-20-29(23-12-8-6-9-13-23)39-30-18-25(47-4)16-17-27(30)32/h6,8-10,12-14,16-18,20,24,26,28,31H,7,11,15,19,21-22H2,1-5H3,(H,40,46)(H,41,43)/b14-10+/t24-,26+,28-,31?,38+/m0/s1. The van der Waals surface area contributed by atoms with Gasteiger partial charge in [-0.05, 0) is 58.6 Å². The fraction of sp³-hybridized carbons (Fsp3) is 0.447. The molecule has 2 aliphatic heterocycles. The fourth-order valence-corrected chi connectivity index (χ4v) is 6.75. The number of ether oxygens (including phenoxy) is 4. The van der Waals surface area contributed by atoms with E-state index in [2.05, 4.69) is 10.6 Å². The number of nitrogens with one attached hydrogen (secondary N) is 2. The van der Waals surface area contributed by atoms with Gasteiger partial charge >= 0.3 is 12.1 Å². The minimum absolute atomic E-state index is 0.0664. The summed E-state index contributed by atoms with van der Waals surface area (Å²) >= 11 is 0. The SMILES string of the molecule is COC(=O)[C@@]12C[C@@H]1/C=C/CCC[C@H](NC(=O)OC(C)(C)C)C(=O)N1C[C@H](Oc3cc(-c4ccccc4)nc4cc(OC)ccc34)CC1C(=O)N2. The quantitative estimate of drug-likeness (QED) is 0.273. The molecule has 2 aromatic carbocycles. The van der Waals surface area contributed by atoms with E-state index in [0.717, 1.165) is 10.9 Å². The molecule has 1 saturated heterocycles. The number of allylic oxidation sites excluding steroid dienone is 1. The number of pyridine rings is 1. The molecule has 1 aliphatic carbocycles. The molecule has 12 heteroatoms. The molecule has 12 nitrogen and oxygen atoms in total. The maximum absolute atomic E-state index is 14.3. The smallest absolute Gasteiger partial charge is 0.408 e. The highest BCUT2D eigenvalue weighted by atomic mass is 16.6. The molecule has 1 unspecified atom stereocenters. The lowest BCUT2D eigenvalue weighted by Crippen LogP contribution is -2.56. The Balaban J connectivity index is 1.34. The zero-order valence-electron chi connectivity index (χ0n) is 29.1. The Morgan fingerprint density at radius 3 is 2.56 bits per heavy atom. The Labute approximate surface area is 291 Å². The third kappa shape index (κ3) is 7.39. The van der Waals surface area contributed by atoms with Crippen LogP contribution in [0.3, 0.4) is 0 Å². The number of carbonyl (C=O) groups excluding carboxylic acids is 4. The number of carbonyl (C=O) groups is 4. The van der Waals surface area contributed by atoms with Gasteiger partial charge in [0.1, 0.15) is 40.8 Å². The topological polar surface area (TPSA) is 145 Å². The van der Waals surface area contributed by atoms with Crippen molar-refractivity contribution in [2.45, 2.75) is 82.2 Å². The monoisotopic (exact) mass is 684 g/mol. The number of methoxy groups -OCH3 is 2. The van der Waals surface area contributed by atoms with E-state index in [0.29, 0.717) is 48.4 Å². The van der Waals surface area contributed by atoms with Crippen LogP contribution in [-0.4, -0.2) is 83.9 Å². The van der Waals surface area contributed by atoms with Crippen LogP contribution in [-0.2, 0) is 23.9 Å². The summed E-state index contributed by atoms with van der Waals surface area (Å²) in [5.74, 6) is -0.513. The highest BCUT2D eigenvalue weighted by Gasteiger charge is 2.62. The molecule has 2 fully saturated rings. The van der Waals surface area contributed by atoms with Crippen LogP contribution in [0.25, 0.3) is 22.2 Å². The number of hydrogen-bond acceptors (Lipinski definition) is 9. The van der Waals surface area contributed by atoms with Crippen LogP contribution >= 0.6 is 0 Å². The Morgan fingerprint density at radius 2 is 1.84 bits per heavy atom. The van der Waals surface area contributed by atoms with E-state index in [4.69, 9.17) is 23.9 Å². The Hall–Kier alpha value is -5.13. The molecule has 3 amide bonds. The summed E-state index contributed by atoms with van der Waals surface area (Å²) in [6.07, 6.45) is 4.59. The third-order valence-corrected chi connectivity index (χ3v) is 9.32. The van der Waals surface area contributed by atoms with E-state index in [9.17, 15) is 19.2 Å². The van der Waals surface area contributed by atoms with Crippen LogP contribution in [0.4, 0.5) is 4.79 Å². The van der Waals surface area contributed by atoms with E-state index in [1.54, 1.807) is 27.9 Å². The van der Waals surface area contributed by atoms with Gasteiger partial charge in [0.25, 0.3) is 0 Å². The summed E-state index contributed by atoms with van der Waals surface area (Å²) in [6, 6.07) is 15.2. The molecule has 5 atom stereocenters. The summed E-state index contributed by atoms with van der Waals surface area (Å²) in [7, 11) is 2.89. The number of aromatic nitrogens is 1. The Bertz CT molecular complexity index is 1810. The highest BCUT2D eigenvalue weighted by Crippen LogP contribution is 2.46. The van der Waals surface area contributed by atoms with Crippen molar-refractivity contribution < 1.29 is 38.1 Å². The Morgan fingerprint density at radius 1 is 1.06 bits per heavy atom. The van der Waals surface area contributed by atoms with Crippen molar-refractivity contribution >= 4 is 34.8 Å². The molecule has 3 aliphatic rings. The average Bonchev–Trinajstić information content (AvgIpc) is 3.61. The van der Waals surface area contributed by atoms with Crippen molar-refractivity contribution in [1.29, 1.82) is 0 Å². The molecular weight excluding hydrogens is 640 g/mol. The number of rotatable bonds is 6. The number of esters is 1. The molecule has 3 aromatic rings. The second-order valence-corrected chi connectivity index (χ2v) is 14.1. The predicted octanol–water partition coefficient (Wildman–Crippen LogP) is 4.94. The lowest BCUT2D eigenvalue weighted by Gasteiger charge is -2.30. The lowest BCUT2D eigenvalue weighted by molar-refractivity contribution is -0.148. The normalized spacial score (nSPS) is 25.8. The molecule has 264 valence electrons. The number of amides is 3.